The van der Waals surface area contributed by atoms with Crippen molar-refractivity contribution < 1.29 is 42.8 Å². The Kier molecular flexibility index (Phi) is 11.2. The molecule has 4 aliphatic rings. The molecule has 0 radical (unpaired) electrons. The summed E-state index contributed by atoms with van der Waals surface area (Å²) in [5, 5.41) is 0. The Labute approximate surface area is 269 Å². The van der Waals surface area contributed by atoms with Gasteiger partial charge in [-0.15, -0.1) is 0 Å². The van der Waals surface area contributed by atoms with Crippen LogP contribution < -0.4 is 0 Å². The SMILES string of the molecule is CCOC(=O)O[C@@H]1CC2=CC=C3[C@@H]4CC[C@H]([C@H](C)CCCC(C)(C)OC(=O)OCC)[C@@]4(C)CC[C@@H]3[C@@]2(C)[C@@H](OC(=O)OCC)C1. The van der Waals surface area contributed by atoms with E-state index in [2.05, 4.69) is 32.9 Å². The molecule has 0 aromatic carbocycles. The number of carbonyl (C=O) groups is 3. The summed E-state index contributed by atoms with van der Waals surface area (Å²) >= 11 is 0. The maximum Gasteiger partial charge on any atom is 0.508 e. The number of hydrogen-bond acceptors (Lipinski definition) is 9. The Morgan fingerprint density at radius 3 is 2.20 bits per heavy atom. The lowest BCUT2D eigenvalue weighted by Crippen LogP contribution is -2.54. The zero-order valence-electron chi connectivity index (χ0n) is 28.8. The molecule has 9 heteroatoms. The molecule has 4 aliphatic carbocycles. The van der Waals surface area contributed by atoms with Crippen LogP contribution in [0.5, 0.6) is 0 Å². The summed E-state index contributed by atoms with van der Waals surface area (Å²) < 4.78 is 32.5. The minimum Gasteiger partial charge on any atom is -0.435 e. The highest BCUT2D eigenvalue weighted by molar-refractivity contribution is 5.61. The maximum atomic E-state index is 12.7. The number of carbonyl (C=O) groups excluding carboxylic acids is 3. The number of allylic oxidation sites excluding steroid dienone is 3. The van der Waals surface area contributed by atoms with Gasteiger partial charge in [0.05, 0.1) is 19.8 Å². The Hall–Kier alpha value is -2.71. The third-order valence-electron chi connectivity index (χ3n) is 11.4. The molecule has 4 rings (SSSR count). The van der Waals surface area contributed by atoms with Crippen molar-refractivity contribution in [3.63, 3.8) is 0 Å². The van der Waals surface area contributed by atoms with E-state index in [9.17, 15) is 14.4 Å². The van der Waals surface area contributed by atoms with Crippen LogP contribution in [0.4, 0.5) is 14.4 Å². The Morgan fingerprint density at radius 2 is 1.53 bits per heavy atom. The minimum absolute atomic E-state index is 0.197. The van der Waals surface area contributed by atoms with Crippen LogP contribution in [0.25, 0.3) is 0 Å². The van der Waals surface area contributed by atoms with Crippen LogP contribution in [0.1, 0.15) is 113 Å². The first-order valence-corrected chi connectivity index (χ1v) is 17.2. The lowest BCUT2D eigenvalue weighted by molar-refractivity contribution is -0.0863. The van der Waals surface area contributed by atoms with Crippen molar-refractivity contribution in [3.05, 3.63) is 23.3 Å². The molecule has 0 aromatic rings. The van der Waals surface area contributed by atoms with Gasteiger partial charge in [-0.05, 0) is 102 Å². The average Bonchev–Trinajstić information content (AvgIpc) is 3.31. The fourth-order valence-corrected chi connectivity index (χ4v) is 9.27. The largest absolute Gasteiger partial charge is 0.508 e. The average molecular weight is 633 g/mol. The van der Waals surface area contributed by atoms with Crippen molar-refractivity contribution in [1.29, 1.82) is 0 Å². The quantitative estimate of drug-likeness (QED) is 0.163. The molecule has 3 saturated carbocycles. The topological polar surface area (TPSA) is 107 Å². The van der Waals surface area contributed by atoms with Gasteiger partial charge in [0.15, 0.2) is 0 Å². The third-order valence-corrected chi connectivity index (χ3v) is 11.4. The van der Waals surface area contributed by atoms with Gasteiger partial charge in [-0.3, -0.25) is 0 Å². The van der Waals surface area contributed by atoms with Crippen LogP contribution in [0, 0.1) is 34.5 Å². The molecule has 0 saturated heterocycles. The molecule has 0 amide bonds. The molecule has 9 nitrogen and oxygen atoms in total. The molecule has 0 N–H and O–H groups in total. The molecule has 0 unspecified atom stereocenters. The smallest absolute Gasteiger partial charge is 0.435 e. The predicted octanol–water partition coefficient (Wildman–Crippen LogP) is 8.94. The first kappa shape index (κ1) is 35.1. The first-order valence-electron chi connectivity index (χ1n) is 17.2. The standard InChI is InChI=1S/C36H56O9/c1-9-40-31(37)43-25-21-24-14-15-26-28-17-16-27(23(4)13-12-19-34(5,6)45-33(39)42-11-3)35(28,7)20-18-29(26)36(24,8)30(22-25)44-32(38)41-10-2/h14-15,23,25,27-30H,9-13,16-22H2,1-8H3/t23-,25-,27-,28+,29+,30+,35-,36+/m1/s1. The van der Waals surface area contributed by atoms with Gasteiger partial charge in [0, 0.05) is 18.3 Å². The molecule has 45 heavy (non-hydrogen) atoms. The zero-order valence-corrected chi connectivity index (χ0v) is 28.8. The van der Waals surface area contributed by atoms with Gasteiger partial charge >= 0.3 is 18.5 Å². The first-order chi connectivity index (χ1) is 21.3. The summed E-state index contributed by atoms with van der Waals surface area (Å²) in [6.45, 7) is 17.1. The van der Waals surface area contributed by atoms with E-state index in [1.807, 2.05) is 13.8 Å². The van der Waals surface area contributed by atoms with E-state index in [0.717, 1.165) is 44.1 Å². The van der Waals surface area contributed by atoms with Crippen molar-refractivity contribution in [2.75, 3.05) is 19.8 Å². The lowest BCUT2D eigenvalue weighted by Gasteiger charge is -2.57. The minimum atomic E-state index is -0.691. The van der Waals surface area contributed by atoms with E-state index in [1.165, 1.54) is 12.0 Å². The summed E-state index contributed by atoms with van der Waals surface area (Å²) in [7, 11) is 0. The molecule has 254 valence electrons. The van der Waals surface area contributed by atoms with Crippen LogP contribution >= 0.6 is 0 Å². The van der Waals surface area contributed by atoms with Gasteiger partial charge in [0.2, 0.25) is 0 Å². The Morgan fingerprint density at radius 1 is 0.889 bits per heavy atom. The van der Waals surface area contributed by atoms with E-state index in [4.69, 9.17) is 28.4 Å². The van der Waals surface area contributed by atoms with Crippen molar-refractivity contribution in [3.8, 4) is 0 Å². The van der Waals surface area contributed by atoms with Crippen LogP contribution in [0.3, 0.4) is 0 Å². The van der Waals surface area contributed by atoms with E-state index in [0.29, 0.717) is 37.2 Å². The van der Waals surface area contributed by atoms with E-state index < -0.39 is 41.7 Å². The molecule has 0 bridgehead atoms. The van der Waals surface area contributed by atoms with E-state index in [-0.39, 0.29) is 24.5 Å². The highest BCUT2D eigenvalue weighted by Gasteiger charge is 2.60. The molecular weight excluding hydrogens is 576 g/mol. The second-order valence-corrected chi connectivity index (χ2v) is 14.5. The summed E-state index contributed by atoms with van der Waals surface area (Å²) in [6, 6.07) is 0. The van der Waals surface area contributed by atoms with Crippen LogP contribution in [-0.2, 0) is 28.4 Å². The molecule has 0 spiro atoms. The third kappa shape index (κ3) is 7.48. The van der Waals surface area contributed by atoms with Crippen molar-refractivity contribution in [1.82, 2.24) is 0 Å². The normalized spacial score (nSPS) is 32.8. The van der Waals surface area contributed by atoms with Gasteiger partial charge in [-0.1, -0.05) is 50.5 Å². The molecule has 3 fully saturated rings. The molecule has 8 atom stereocenters. The van der Waals surface area contributed by atoms with Gasteiger partial charge in [-0.25, -0.2) is 14.4 Å². The van der Waals surface area contributed by atoms with Gasteiger partial charge in [0.25, 0.3) is 0 Å². The summed E-state index contributed by atoms with van der Waals surface area (Å²) in [6.07, 6.45) is 10.0. The predicted molar refractivity (Wildman–Crippen MR) is 170 cm³/mol. The van der Waals surface area contributed by atoms with Crippen molar-refractivity contribution in [2.24, 2.45) is 34.5 Å². The summed E-state index contributed by atoms with van der Waals surface area (Å²) in [5.74, 6) is 1.88. The zero-order chi connectivity index (χ0) is 33.0. The van der Waals surface area contributed by atoms with Gasteiger partial charge in [0.1, 0.15) is 17.8 Å². The monoisotopic (exact) mass is 632 g/mol. The highest BCUT2D eigenvalue weighted by Crippen LogP contribution is 2.66. The maximum absolute atomic E-state index is 12.7. The molecular formula is C36H56O9. The Balaban J connectivity index is 1.49. The van der Waals surface area contributed by atoms with E-state index >= 15 is 0 Å². The number of rotatable bonds is 11. The van der Waals surface area contributed by atoms with Crippen molar-refractivity contribution >= 4 is 18.5 Å². The lowest BCUT2D eigenvalue weighted by atomic mass is 9.49. The Bertz CT molecular complexity index is 1140. The van der Waals surface area contributed by atoms with Gasteiger partial charge in [-0.2, -0.15) is 0 Å². The highest BCUT2D eigenvalue weighted by atomic mass is 16.7. The van der Waals surface area contributed by atoms with Crippen molar-refractivity contribution in [2.45, 2.75) is 131 Å². The fourth-order valence-electron chi connectivity index (χ4n) is 9.27. The van der Waals surface area contributed by atoms with Gasteiger partial charge < -0.3 is 28.4 Å². The molecule has 0 aromatic heterocycles. The second kappa shape index (κ2) is 14.4. The number of ether oxygens (including phenoxy) is 6. The number of hydrogen-bond donors (Lipinski definition) is 0. The summed E-state index contributed by atoms with van der Waals surface area (Å²) in [5.41, 5.74) is 1.88. The van der Waals surface area contributed by atoms with Crippen LogP contribution in [0.2, 0.25) is 0 Å². The number of fused-ring (bicyclic) bond motifs is 5. The fraction of sp³-hybridized carbons (Fsp3) is 0.806. The van der Waals surface area contributed by atoms with Crippen LogP contribution in [-0.4, -0.2) is 56.1 Å². The molecule has 0 heterocycles. The van der Waals surface area contributed by atoms with Crippen LogP contribution in [0.15, 0.2) is 23.3 Å². The van der Waals surface area contributed by atoms with E-state index in [1.54, 1.807) is 20.8 Å². The second-order valence-electron chi connectivity index (χ2n) is 14.5. The molecule has 0 aliphatic heterocycles. The summed E-state index contributed by atoms with van der Waals surface area (Å²) in [4.78, 5) is 36.7.